The summed E-state index contributed by atoms with van der Waals surface area (Å²) in [5.41, 5.74) is 7.87. The van der Waals surface area contributed by atoms with Gasteiger partial charge in [-0.3, -0.25) is 4.79 Å². The summed E-state index contributed by atoms with van der Waals surface area (Å²) in [6, 6.07) is 6.98. The molecule has 3 N–H and O–H groups in total. The average Bonchev–Trinajstić information content (AvgIpc) is 2.93. The number of thiophene rings is 1. The third-order valence-corrected chi connectivity index (χ3v) is 3.59. The summed E-state index contributed by atoms with van der Waals surface area (Å²) in [5.74, 6) is 0.368. The quantitative estimate of drug-likeness (QED) is 0.844. The van der Waals surface area contributed by atoms with Gasteiger partial charge in [-0.05, 0) is 47.5 Å². The van der Waals surface area contributed by atoms with Crippen LogP contribution in [0.3, 0.4) is 0 Å². The van der Waals surface area contributed by atoms with Gasteiger partial charge < -0.3 is 15.8 Å². The van der Waals surface area contributed by atoms with Gasteiger partial charge in [0.15, 0.2) is 0 Å². The van der Waals surface area contributed by atoms with Crippen LogP contribution >= 0.6 is 11.3 Å². The average molecular weight is 276 g/mol. The summed E-state index contributed by atoms with van der Waals surface area (Å²) in [5, 5.41) is 6.95. The van der Waals surface area contributed by atoms with E-state index in [9.17, 15) is 4.79 Å². The second-order valence-electron chi connectivity index (χ2n) is 4.21. The first-order valence-corrected chi connectivity index (χ1v) is 6.82. The van der Waals surface area contributed by atoms with Crippen molar-refractivity contribution >= 4 is 22.9 Å². The fraction of sp³-hybridized carbons (Fsp3) is 0.214. The SMILES string of the molecule is COc1cc(C(=O)NC(C)c2ccsc2)ccc1N. The lowest BCUT2D eigenvalue weighted by molar-refractivity contribution is 0.0939. The van der Waals surface area contributed by atoms with E-state index in [1.165, 1.54) is 7.11 Å². The molecule has 1 unspecified atom stereocenters. The predicted molar refractivity (Wildman–Crippen MR) is 77.6 cm³/mol. The van der Waals surface area contributed by atoms with Gasteiger partial charge in [0.25, 0.3) is 5.91 Å². The van der Waals surface area contributed by atoms with Crippen LogP contribution in [-0.2, 0) is 0 Å². The third-order valence-electron chi connectivity index (χ3n) is 2.89. The van der Waals surface area contributed by atoms with E-state index < -0.39 is 0 Å². The van der Waals surface area contributed by atoms with E-state index >= 15 is 0 Å². The van der Waals surface area contributed by atoms with Gasteiger partial charge in [0, 0.05) is 5.56 Å². The Kier molecular flexibility index (Phi) is 4.06. The molecule has 0 saturated carbocycles. The van der Waals surface area contributed by atoms with Crippen LogP contribution in [-0.4, -0.2) is 13.0 Å². The number of nitrogen functional groups attached to an aromatic ring is 1. The lowest BCUT2D eigenvalue weighted by Gasteiger charge is -2.13. The Labute approximate surface area is 116 Å². The van der Waals surface area contributed by atoms with E-state index in [2.05, 4.69) is 5.32 Å². The number of rotatable bonds is 4. The molecule has 0 radical (unpaired) electrons. The first kappa shape index (κ1) is 13.4. The number of amides is 1. The van der Waals surface area contributed by atoms with Gasteiger partial charge in [-0.25, -0.2) is 0 Å². The minimum absolute atomic E-state index is 0.0257. The van der Waals surface area contributed by atoms with Crippen molar-refractivity contribution in [1.29, 1.82) is 0 Å². The van der Waals surface area contributed by atoms with Crippen LogP contribution in [0.25, 0.3) is 0 Å². The normalized spacial score (nSPS) is 11.9. The van der Waals surface area contributed by atoms with E-state index in [0.717, 1.165) is 5.56 Å². The van der Waals surface area contributed by atoms with Crippen molar-refractivity contribution in [2.24, 2.45) is 0 Å². The second kappa shape index (κ2) is 5.75. The van der Waals surface area contributed by atoms with Gasteiger partial charge in [0.1, 0.15) is 5.75 Å². The Morgan fingerprint density at radius 3 is 2.84 bits per heavy atom. The van der Waals surface area contributed by atoms with Gasteiger partial charge in [0.2, 0.25) is 0 Å². The molecule has 0 aliphatic carbocycles. The highest BCUT2D eigenvalue weighted by atomic mass is 32.1. The molecule has 1 aromatic heterocycles. The second-order valence-corrected chi connectivity index (χ2v) is 4.99. The van der Waals surface area contributed by atoms with Crippen molar-refractivity contribution in [2.45, 2.75) is 13.0 Å². The molecular weight excluding hydrogens is 260 g/mol. The summed E-state index contributed by atoms with van der Waals surface area (Å²) >= 11 is 1.61. The highest BCUT2D eigenvalue weighted by molar-refractivity contribution is 7.07. The van der Waals surface area contributed by atoms with Crippen molar-refractivity contribution < 1.29 is 9.53 Å². The molecule has 1 aromatic carbocycles. The van der Waals surface area contributed by atoms with Crippen LogP contribution in [0.2, 0.25) is 0 Å². The highest BCUT2D eigenvalue weighted by Gasteiger charge is 2.13. The summed E-state index contributed by atoms with van der Waals surface area (Å²) < 4.78 is 5.11. The Hall–Kier alpha value is -2.01. The first-order valence-electron chi connectivity index (χ1n) is 5.88. The number of carbonyl (C=O) groups is 1. The zero-order chi connectivity index (χ0) is 13.8. The zero-order valence-electron chi connectivity index (χ0n) is 10.8. The molecule has 1 heterocycles. The fourth-order valence-electron chi connectivity index (χ4n) is 1.74. The maximum Gasteiger partial charge on any atom is 0.251 e. The molecule has 0 spiro atoms. The molecule has 0 bridgehead atoms. The van der Waals surface area contributed by atoms with Gasteiger partial charge in [-0.15, -0.1) is 0 Å². The van der Waals surface area contributed by atoms with Crippen LogP contribution in [0.1, 0.15) is 28.9 Å². The highest BCUT2D eigenvalue weighted by Crippen LogP contribution is 2.23. The molecule has 1 atom stereocenters. The Balaban J connectivity index is 2.12. The minimum atomic E-state index is -0.142. The summed E-state index contributed by atoms with van der Waals surface area (Å²) in [4.78, 5) is 12.1. The van der Waals surface area contributed by atoms with E-state index in [4.69, 9.17) is 10.5 Å². The Morgan fingerprint density at radius 1 is 1.42 bits per heavy atom. The Bertz CT molecular complexity index is 567. The molecular formula is C14H16N2O2S. The predicted octanol–water partition coefficient (Wildman–Crippen LogP) is 2.83. The number of benzene rings is 1. The standard InChI is InChI=1S/C14H16N2O2S/c1-9(11-5-6-19-8-11)16-14(17)10-3-4-12(15)13(7-10)18-2/h3-9H,15H2,1-2H3,(H,16,17). The van der Waals surface area contributed by atoms with Gasteiger partial charge >= 0.3 is 0 Å². The molecule has 5 heteroatoms. The lowest BCUT2D eigenvalue weighted by atomic mass is 10.1. The van der Waals surface area contributed by atoms with E-state index in [-0.39, 0.29) is 11.9 Å². The van der Waals surface area contributed by atoms with Crippen LogP contribution < -0.4 is 15.8 Å². The minimum Gasteiger partial charge on any atom is -0.495 e. The molecule has 100 valence electrons. The maximum absolute atomic E-state index is 12.1. The van der Waals surface area contributed by atoms with Crippen molar-refractivity contribution in [3.8, 4) is 5.75 Å². The number of hydrogen-bond acceptors (Lipinski definition) is 4. The molecule has 19 heavy (non-hydrogen) atoms. The van der Waals surface area contributed by atoms with Crippen LogP contribution in [0.4, 0.5) is 5.69 Å². The number of anilines is 1. The van der Waals surface area contributed by atoms with E-state index in [0.29, 0.717) is 17.0 Å². The lowest BCUT2D eigenvalue weighted by Crippen LogP contribution is -2.26. The monoisotopic (exact) mass is 276 g/mol. The van der Waals surface area contributed by atoms with Crippen LogP contribution in [0.15, 0.2) is 35.0 Å². The van der Waals surface area contributed by atoms with Gasteiger partial charge in [-0.2, -0.15) is 11.3 Å². The van der Waals surface area contributed by atoms with Gasteiger partial charge in [-0.1, -0.05) is 0 Å². The number of carbonyl (C=O) groups excluding carboxylic acids is 1. The molecule has 4 nitrogen and oxygen atoms in total. The summed E-state index contributed by atoms with van der Waals surface area (Å²) in [6.07, 6.45) is 0. The van der Waals surface area contributed by atoms with Crippen molar-refractivity contribution in [3.05, 3.63) is 46.2 Å². The summed E-state index contributed by atoms with van der Waals surface area (Å²) in [7, 11) is 1.53. The largest absolute Gasteiger partial charge is 0.495 e. The number of nitrogens with two attached hydrogens (primary N) is 1. The van der Waals surface area contributed by atoms with Crippen molar-refractivity contribution in [2.75, 3.05) is 12.8 Å². The first-order chi connectivity index (χ1) is 9.11. The molecule has 0 aliphatic rings. The molecule has 2 aromatic rings. The smallest absolute Gasteiger partial charge is 0.251 e. The van der Waals surface area contributed by atoms with E-state index in [1.54, 1.807) is 29.5 Å². The number of ether oxygens (including phenoxy) is 1. The topological polar surface area (TPSA) is 64.3 Å². The summed E-state index contributed by atoms with van der Waals surface area (Å²) in [6.45, 7) is 1.95. The van der Waals surface area contributed by atoms with E-state index in [1.807, 2.05) is 23.8 Å². The van der Waals surface area contributed by atoms with Crippen LogP contribution in [0.5, 0.6) is 5.75 Å². The molecule has 0 aliphatic heterocycles. The van der Waals surface area contributed by atoms with Crippen molar-refractivity contribution in [1.82, 2.24) is 5.32 Å². The van der Waals surface area contributed by atoms with Crippen LogP contribution in [0, 0.1) is 0 Å². The van der Waals surface area contributed by atoms with Crippen molar-refractivity contribution in [3.63, 3.8) is 0 Å². The van der Waals surface area contributed by atoms with Gasteiger partial charge in [0.05, 0.1) is 18.8 Å². The molecule has 0 fully saturated rings. The molecule has 1 amide bonds. The number of hydrogen-bond donors (Lipinski definition) is 2. The number of methoxy groups -OCH3 is 1. The fourth-order valence-corrected chi connectivity index (χ4v) is 2.49. The zero-order valence-corrected chi connectivity index (χ0v) is 11.7. The number of nitrogens with one attached hydrogen (secondary N) is 1. The maximum atomic E-state index is 12.1. The Morgan fingerprint density at radius 2 is 2.21 bits per heavy atom. The molecule has 0 saturated heterocycles. The third kappa shape index (κ3) is 3.06. The molecule has 2 rings (SSSR count).